The van der Waals surface area contributed by atoms with Crippen molar-refractivity contribution >= 4 is 34.6 Å². The number of rotatable bonds is 5. The molecule has 0 aliphatic heterocycles. The fraction of sp³-hybridized carbons (Fsp3) is 0.200. The molecule has 1 unspecified atom stereocenters. The molecule has 1 N–H and O–H groups in total. The first kappa shape index (κ1) is 15.6. The van der Waals surface area contributed by atoms with Gasteiger partial charge in [-0.25, -0.2) is 0 Å². The van der Waals surface area contributed by atoms with Crippen LogP contribution in [-0.2, 0) is 0 Å². The summed E-state index contributed by atoms with van der Waals surface area (Å²) in [5.41, 5.74) is 1.47. The van der Waals surface area contributed by atoms with Gasteiger partial charge >= 0.3 is 0 Å². The summed E-state index contributed by atoms with van der Waals surface area (Å²) in [4.78, 5) is 10.7. The standard InChI is InChI=1S/C15H14Cl2N2O2/c1-2-13(10-7-8-11(16)12(17)9-10)18-14-5-3-4-6-15(14)19(20)21/h3-9,13,18H,2H2,1H3. The van der Waals surface area contributed by atoms with Gasteiger partial charge in [-0.1, -0.05) is 48.3 Å². The number of anilines is 1. The average molecular weight is 325 g/mol. The van der Waals surface area contributed by atoms with Gasteiger partial charge in [0.1, 0.15) is 5.69 Å². The first-order chi connectivity index (χ1) is 10.0. The van der Waals surface area contributed by atoms with E-state index in [2.05, 4.69) is 5.32 Å². The van der Waals surface area contributed by atoms with Gasteiger partial charge in [0.05, 0.1) is 21.0 Å². The van der Waals surface area contributed by atoms with Crippen LogP contribution in [0.3, 0.4) is 0 Å². The zero-order chi connectivity index (χ0) is 15.4. The van der Waals surface area contributed by atoms with Gasteiger partial charge in [0.15, 0.2) is 0 Å². The molecular weight excluding hydrogens is 311 g/mol. The highest BCUT2D eigenvalue weighted by Gasteiger charge is 2.17. The van der Waals surface area contributed by atoms with Crippen LogP contribution in [0.4, 0.5) is 11.4 Å². The van der Waals surface area contributed by atoms with Crippen molar-refractivity contribution in [3.63, 3.8) is 0 Å². The van der Waals surface area contributed by atoms with E-state index in [-0.39, 0.29) is 11.7 Å². The molecule has 0 spiro atoms. The lowest BCUT2D eigenvalue weighted by atomic mass is 10.0. The second kappa shape index (κ2) is 6.78. The lowest BCUT2D eigenvalue weighted by Crippen LogP contribution is -2.11. The summed E-state index contributed by atoms with van der Waals surface area (Å²) in [6.07, 6.45) is 0.754. The molecular formula is C15H14Cl2N2O2. The van der Waals surface area contributed by atoms with Crippen LogP contribution in [0, 0.1) is 10.1 Å². The lowest BCUT2D eigenvalue weighted by molar-refractivity contribution is -0.384. The average Bonchev–Trinajstić information content (AvgIpc) is 2.48. The number of para-hydroxylation sites is 2. The predicted octanol–water partition coefficient (Wildman–Crippen LogP) is 5.46. The maximum Gasteiger partial charge on any atom is 0.292 e. The molecule has 0 bridgehead atoms. The number of hydrogen-bond acceptors (Lipinski definition) is 3. The van der Waals surface area contributed by atoms with Gasteiger partial charge in [-0.05, 0) is 30.2 Å². The Kier molecular flexibility index (Phi) is 5.04. The SMILES string of the molecule is CCC(Nc1ccccc1[N+](=O)[O-])c1ccc(Cl)c(Cl)c1. The van der Waals surface area contributed by atoms with E-state index in [0.29, 0.717) is 15.7 Å². The molecule has 0 saturated heterocycles. The molecule has 0 radical (unpaired) electrons. The Morgan fingerprint density at radius 2 is 1.90 bits per heavy atom. The Bertz CT molecular complexity index is 662. The minimum absolute atomic E-state index is 0.0519. The molecule has 0 aromatic heterocycles. The third-order valence-corrected chi connectivity index (χ3v) is 3.92. The van der Waals surface area contributed by atoms with E-state index in [0.717, 1.165) is 12.0 Å². The highest BCUT2D eigenvalue weighted by atomic mass is 35.5. The van der Waals surface area contributed by atoms with Crippen LogP contribution < -0.4 is 5.32 Å². The van der Waals surface area contributed by atoms with Crippen LogP contribution in [0.15, 0.2) is 42.5 Å². The zero-order valence-electron chi connectivity index (χ0n) is 11.3. The number of halogens is 2. The normalized spacial score (nSPS) is 12.0. The minimum Gasteiger partial charge on any atom is -0.373 e. The largest absolute Gasteiger partial charge is 0.373 e. The van der Waals surface area contributed by atoms with E-state index in [1.54, 1.807) is 30.3 Å². The summed E-state index contributed by atoms with van der Waals surface area (Å²) >= 11 is 11.9. The van der Waals surface area contributed by atoms with E-state index in [4.69, 9.17) is 23.2 Å². The first-order valence-corrected chi connectivity index (χ1v) is 7.23. The topological polar surface area (TPSA) is 55.2 Å². The summed E-state index contributed by atoms with van der Waals surface area (Å²) in [7, 11) is 0. The third-order valence-electron chi connectivity index (χ3n) is 3.18. The number of nitrogens with one attached hydrogen (secondary N) is 1. The lowest BCUT2D eigenvalue weighted by Gasteiger charge is -2.19. The molecule has 0 heterocycles. The molecule has 0 aliphatic rings. The fourth-order valence-corrected chi connectivity index (χ4v) is 2.40. The molecule has 0 amide bonds. The quantitative estimate of drug-likeness (QED) is 0.586. The van der Waals surface area contributed by atoms with Crippen molar-refractivity contribution in [1.29, 1.82) is 0 Å². The van der Waals surface area contributed by atoms with Gasteiger partial charge in [0.2, 0.25) is 0 Å². The Morgan fingerprint density at radius 1 is 1.19 bits per heavy atom. The van der Waals surface area contributed by atoms with E-state index in [1.165, 1.54) is 6.07 Å². The van der Waals surface area contributed by atoms with Crippen molar-refractivity contribution in [3.05, 3.63) is 68.2 Å². The Hall–Kier alpha value is -1.78. The van der Waals surface area contributed by atoms with E-state index in [1.807, 2.05) is 13.0 Å². The summed E-state index contributed by atoms with van der Waals surface area (Å²) in [5.74, 6) is 0. The third kappa shape index (κ3) is 3.65. The second-order valence-electron chi connectivity index (χ2n) is 4.55. The Balaban J connectivity index is 2.31. The number of hydrogen-bond donors (Lipinski definition) is 1. The van der Waals surface area contributed by atoms with Gasteiger partial charge in [-0.2, -0.15) is 0 Å². The number of nitro groups is 1. The molecule has 2 aromatic rings. The molecule has 2 aromatic carbocycles. The summed E-state index contributed by atoms with van der Waals surface area (Å²) in [6, 6.07) is 11.9. The monoisotopic (exact) mass is 324 g/mol. The molecule has 110 valence electrons. The molecule has 2 rings (SSSR count). The molecule has 0 aliphatic carbocycles. The van der Waals surface area contributed by atoms with Crippen molar-refractivity contribution in [3.8, 4) is 0 Å². The van der Waals surface area contributed by atoms with Crippen LogP contribution in [0.25, 0.3) is 0 Å². The van der Waals surface area contributed by atoms with Crippen molar-refractivity contribution in [1.82, 2.24) is 0 Å². The minimum atomic E-state index is -0.399. The Labute approximate surface area is 132 Å². The Morgan fingerprint density at radius 3 is 2.52 bits per heavy atom. The van der Waals surface area contributed by atoms with Crippen LogP contribution >= 0.6 is 23.2 Å². The number of nitro benzene ring substituents is 1. The van der Waals surface area contributed by atoms with Crippen molar-refractivity contribution in [2.75, 3.05) is 5.32 Å². The molecule has 6 heteroatoms. The molecule has 0 fully saturated rings. The first-order valence-electron chi connectivity index (χ1n) is 6.47. The van der Waals surface area contributed by atoms with Gasteiger partial charge in [-0.15, -0.1) is 0 Å². The highest BCUT2D eigenvalue weighted by Crippen LogP contribution is 2.32. The maximum atomic E-state index is 11.1. The van der Waals surface area contributed by atoms with Gasteiger partial charge < -0.3 is 5.32 Å². The molecule has 21 heavy (non-hydrogen) atoms. The van der Waals surface area contributed by atoms with Gasteiger partial charge in [-0.3, -0.25) is 10.1 Å². The second-order valence-corrected chi connectivity index (χ2v) is 5.37. The van der Waals surface area contributed by atoms with Crippen molar-refractivity contribution in [2.24, 2.45) is 0 Å². The van der Waals surface area contributed by atoms with Crippen molar-refractivity contribution < 1.29 is 4.92 Å². The maximum absolute atomic E-state index is 11.1. The predicted molar refractivity (Wildman–Crippen MR) is 86.2 cm³/mol. The van der Waals surface area contributed by atoms with Crippen LogP contribution in [0.1, 0.15) is 24.9 Å². The number of nitrogens with zero attached hydrogens (tertiary/aromatic N) is 1. The molecule has 4 nitrogen and oxygen atoms in total. The molecule has 1 atom stereocenters. The van der Waals surface area contributed by atoms with Crippen LogP contribution in [0.2, 0.25) is 10.0 Å². The smallest absolute Gasteiger partial charge is 0.292 e. The van der Waals surface area contributed by atoms with E-state index < -0.39 is 4.92 Å². The summed E-state index contributed by atoms with van der Waals surface area (Å²) < 4.78 is 0. The number of benzene rings is 2. The molecule has 0 saturated carbocycles. The van der Waals surface area contributed by atoms with E-state index >= 15 is 0 Å². The fourth-order valence-electron chi connectivity index (χ4n) is 2.09. The zero-order valence-corrected chi connectivity index (χ0v) is 12.9. The van der Waals surface area contributed by atoms with Gasteiger partial charge in [0, 0.05) is 6.07 Å². The highest BCUT2D eigenvalue weighted by molar-refractivity contribution is 6.42. The van der Waals surface area contributed by atoms with E-state index in [9.17, 15) is 10.1 Å². The van der Waals surface area contributed by atoms with Crippen molar-refractivity contribution in [2.45, 2.75) is 19.4 Å². The van der Waals surface area contributed by atoms with Crippen LogP contribution in [0.5, 0.6) is 0 Å². The van der Waals surface area contributed by atoms with Gasteiger partial charge in [0.25, 0.3) is 5.69 Å². The summed E-state index contributed by atoms with van der Waals surface area (Å²) in [6.45, 7) is 1.99. The summed E-state index contributed by atoms with van der Waals surface area (Å²) in [5, 5.41) is 15.2. The van der Waals surface area contributed by atoms with Crippen LogP contribution in [-0.4, -0.2) is 4.92 Å².